The minimum atomic E-state index is -1.18. The predicted molar refractivity (Wildman–Crippen MR) is 490 cm³/mol. The molecule has 0 aliphatic carbocycles. The van der Waals surface area contributed by atoms with Crippen LogP contribution in [0.1, 0.15) is 288 Å². The summed E-state index contributed by atoms with van der Waals surface area (Å²) in [7, 11) is 0. The number of nitrogens with zero attached hydrogens (tertiary/aromatic N) is 1. The normalized spacial score (nSPS) is 26.4. The molecule has 35 nitrogen and oxygen atoms in total. The number of imide groups is 1. The Morgan fingerprint density at radius 1 is 0.346 bits per heavy atom. The third kappa shape index (κ3) is 37.5. The number of carbonyl (C=O) groups is 14. The summed E-state index contributed by atoms with van der Waals surface area (Å²) >= 11 is 0. The van der Waals surface area contributed by atoms with Gasteiger partial charge in [0.2, 0.25) is 65.0 Å². The van der Waals surface area contributed by atoms with Crippen LogP contribution in [-0.2, 0) is 100 Å². The van der Waals surface area contributed by atoms with Gasteiger partial charge >= 0.3 is 0 Å². The standard InChI is InChI=1S/C95H157N13O22/c1-17-74-57(5)61(9)85(100-65(13)109)92(127-74)123-50-32-25-39-78(113)96-45-29-23-36-72(106-81(116)41-27-34-52-125-94-87(102-67(15)111)63(11)59(7)76(19-3)129-94)90(121)104-70-54-69(89(120)99-48-47-98-80(115)38-22-21-31-49-108-83(118)43-44-84(108)119)55-71(56-70)105-91(122)73(107-82(117)42-28-35-53-126-95-88(103-68(16)112)64(12)60(8)77(20-4)130-95)37-24-30-46-97-79(114)40-26-33-51-124-93-86(101-66(14)110)62(10)58(6)75(18-2)128-93/h43-44,54-64,72-77,85-88,92-95H,17-42,45-53H2,1-16H3,(H,96,113)(H,97,114)(H,98,115)(H,99,120)(H,100,109)(H,101,110)(H,102,111)(H,103,112)(H,104,121)(H,105,122)(H,106,116)(H,107,117)/t57?,58?,59?,60?,61?,62?,63?,64?,72-,73-,74?,75?,76?,77?,85?,86?,87?,88?,92?,93?,94?,95?/m0/s1. The Morgan fingerprint density at radius 2 is 0.638 bits per heavy atom. The zero-order valence-electron chi connectivity index (χ0n) is 80.3. The second kappa shape index (κ2) is 58.4. The van der Waals surface area contributed by atoms with Crippen molar-refractivity contribution in [2.45, 2.75) is 364 Å². The molecular formula is C95H157N13O22. The number of unbranched alkanes of at least 4 members (excludes halogenated alkanes) is 8. The lowest BCUT2D eigenvalue weighted by atomic mass is 9.81. The van der Waals surface area contributed by atoms with Gasteiger partial charge in [0.25, 0.3) is 17.7 Å². The zero-order valence-corrected chi connectivity index (χ0v) is 80.3. The Morgan fingerprint density at radius 3 is 0.946 bits per heavy atom. The maximum Gasteiger partial charge on any atom is 0.253 e. The Labute approximate surface area is 770 Å². The lowest BCUT2D eigenvalue weighted by Gasteiger charge is -2.44. The molecule has 1 aromatic carbocycles. The van der Waals surface area contributed by atoms with Crippen LogP contribution in [0.25, 0.3) is 0 Å². The minimum absolute atomic E-state index is 0.0100. The molecule has 6 rings (SSSR count). The molecule has 0 saturated carbocycles. The number of benzene rings is 1. The maximum atomic E-state index is 14.9. The monoisotopic (exact) mass is 1830 g/mol. The number of carbonyl (C=O) groups excluding carboxylic acids is 14. The fraction of sp³-hybridized carbons (Fsp3) is 0.768. The van der Waals surface area contributed by atoms with Crippen molar-refractivity contribution in [2.24, 2.45) is 47.3 Å². The minimum Gasteiger partial charge on any atom is -0.356 e. The van der Waals surface area contributed by atoms with Crippen LogP contribution in [-0.4, -0.2) is 233 Å². The molecule has 4 fully saturated rings. The van der Waals surface area contributed by atoms with Gasteiger partial charge in [-0.25, -0.2) is 0 Å². The first-order valence-electron chi connectivity index (χ1n) is 48.2. The first-order valence-corrected chi connectivity index (χ1v) is 48.2. The molecule has 5 aliphatic rings. The van der Waals surface area contributed by atoms with Gasteiger partial charge in [0, 0.05) is 148 Å². The Balaban J connectivity index is 1.18. The second-order valence-corrected chi connectivity index (χ2v) is 36.2. The fourth-order valence-corrected chi connectivity index (χ4v) is 17.7. The molecule has 35 heteroatoms. The van der Waals surface area contributed by atoms with Gasteiger partial charge < -0.3 is 102 Å². The van der Waals surface area contributed by atoms with Crippen LogP contribution in [0.5, 0.6) is 0 Å². The Hall–Kier alpha value is -8.58. The molecule has 130 heavy (non-hydrogen) atoms. The van der Waals surface area contributed by atoms with Crippen LogP contribution in [0, 0.1) is 47.3 Å². The third-order valence-electron chi connectivity index (χ3n) is 26.2. The van der Waals surface area contributed by atoms with Gasteiger partial charge in [-0.15, -0.1) is 0 Å². The van der Waals surface area contributed by atoms with Crippen LogP contribution in [0.3, 0.4) is 0 Å². The summed E-state index contributed by atoms with van der Waals surface area (Å²) in [6, 6.07) is 0.408. The molecule has 5 heterocycles. The SMILES string of the molecule is CCC1OC(OCCCCC(=O)NCCCC[C@H](NC(=O)CCCCOC2OC(CC)C(C)C(C)C2NC(C)=O)C(=O)Nc2cc(NC(=O)[C@H](CCCCNC(=O)CCCCOC3OC(CC)C(C)C(C)C3NC(C)=O)NC(=O)CCCCOC3OC(CC)C(C)C(C)C3NC(C)=O)cc(C(=O)NCCNC(=O)CCCCCN3C(=O)C=CC3=O)c2)C(NC(C)=O)C(C)C1C. The van der Waals surface area contributed by atoms with Crippen molar-refractivity contribution in [2.75, 3.05) is 69.8 Å². The average Bonchev–Trinajstić information content (AvgIpc) is 1.16. The lowest BCUT2D eigenvalue weighted by molar-refractivity contribution is -0.236. The number of amides is 14. The predicted octanol–water partition coefficient (Wildman–Crippen LogP) is 8.83. The van der Waals surface area contributed by atoms with E-state index < -0.39 is 78.9 Å². The van der Waals surface area contributed by atoms with Crippen molar-refractivity contribution in [1.82, 2.24) is 58.1 Å². The van der Waals surface area contributed by atoms with E-state index in [1.807, 2.05) is 13.8 Å². The molecule has 12 N–H and O–H groups in total. The molecule has 1 aromatic rings. The van der Waals surface area contributed by atoms with E-state index in [9.17, 15) is 67.1 Å². The summed E-state index contributed by atoms with van der Waals surface area (Å²) in [6.07, 6.45) is 10.0. The van der Waals surface area contributed by atoms with E-state index in [0.717, 1.165) is 30.6 Å². The summed E-state index contributed by atoms with van der Waals surface area (Å²) in [6.45, 7) is 32.4. The molecule has 0 aromatic heterocycles. The topological polar surface area (TPSA) is 460 Å². The molecular weight excluding hydrogens is 1680 g/mol. The second-order valence-electron chi connectivity index (χ2n) is 36.2. The number of rotatable bonds is 58. The van der Waals surface area contributed by atoms with Gasteiger partial charge in [0.05, 0.1) is 48.6 Å². The molecule has 14 amide bonds. The highest BCUT2D eigenvalue weighted by Gasteiger charge is 2.46. The average molecular weight is 1830 g/mol. The van der Waals surface area contributed by atoms with Gasteiger partial charge in [-0.2, -0.15) is 0 Å². The van der Waals surface area contributed by atoms with Crippen molar-refractivity contribution in [3.8, 4) is 0 Å². The van der Waals surface area contributed by atoms with Crippen LogP contribution < -0.4 is 63.8 Å². The van der Waals surface area contributed by atoms with E-state index in [1.54, 1.807) is 0 Å². The van der Waals surface area contributed by atoms with E-state index in [1.165, 1.54) is 58.0 Å². The smallest absolute Gasteiger partial charge is 0.253 e. The van der Waals surface area contributed by atoms with Gasteiger partial charge in [-0.05, 0) is 194 Å². The van der Waals surface area contributed by atoms with Gasteiger partial charge in [0.1, 0.15) is 12.1 Å². The first-order chi connectivity index (χ1) is 62.1. The van der Waals surface area contributed by atoms with Crippen molar-refractivity contribution >= 4 is 94.1 Å². The van der Waals surface area contributed by atoms with Crippen LogP contribution in [0.4, 0.5) is 11.4 Å². The highest BCUT2D eigenvalue weighted by molar-refractivity contribution is 6.13. The van der Waals surface area contributed by atoms with Gasteiger partial charge in [-0.1, -0.05) is 89.5 Å². The quantitative estimate of drug-likeness (QED) is 0.0214. The molecule has 4 saturated heterocycles. The maximum absolute atomic E-state index is 14.9. The Bertz CT molecular complexity index is 3610. The highest BCUT2D eigenvalue weighted by Crippen LogP contribution is 2.38. The van der Waals surface area contributed by atoms with Crippen LogP contribution in [0.15, 0.2) is 30.4 Å². The zero-order chi connectivity index (χ0) is 95.5. The molecule has 5 aliphatic heterocycles. The number of nitrogens with one attached hydrogen (secondary N) is 12. The van der Waals surface area contributed by atoms with Gasteiger partial charge in [0.15, 0.2) is 25.2 Å². The molecule has 0 radical (unpaired) electrons. The summed E-state index contributed by atoms with van der Waals surface area (Å²) < 4.78 is 50.2. The van der Waals surface area contributed by atoms with E-state index in [4.69, 9.17) is 37.9 Å². The van der Waals surface area contributed by atoms with E-state index in [2.05, 4.69) is 133 Å². The van der Waals surface area contributed by atoms with E-state index in [0.29, 0.717) is 110 Å². The van der Waals surface area contributed by atoms with E-state index >= 15 is 0 Å². The molecule has 22 atom stereocenters. The number of ether oxygens (including phenoxy) is 8. The first kappa shape index (κ1) is 110. The third-order valence-corrected chi connectivity index (χ3v) is 26.2. The van der Waals surface area contributed by atoms with Crippen LogP contribution in [0.2, 0.25) is 0 Å². The van der Waals surface area contributed by atoms with Crippen molar-refractivity contribution in [3.63, 3.8) is 0 Å². The molecule has 0 bridgehead atoms. The number of hydrogen-bond acceptors (Lipinski definition) is 22. The Kier molecular flexibility index (Phi) is 49.5. The summed E-state index contributed by atoms with van der Waals surface area (Å²) in [4.78, 5) is 186. The van der Waals surface area contributed by atoms with Crippen LogP contribution >= 0.6 is 0 Å². The number of hydrogen-bond donors (Lipinski definition) is 12. The van der Waals surface area contributed by atoms with Crippen molar-refractivity contribution in [3.05, 3.63) is 35.9 Å². The van der Waals surface area contributed by atoms with Crippen molar-refractivity contribution < 1.29 is 105 Å². The molecule has 0 spiro atoms. The lowest BCUT2D eigenvalue weighted by Crippen LogP contribution is -2.57. The highest BCUT2D eigenvalue weighted by atomic mass is 16.7. The summed E-state index contributed by atoms with van der Waals surface area (Å²) in [5.41, 5.74) is 0.0149. The fourth-order valence-electron chi connectivity index (χ4n) is 17.7. The molecule has 734 valence electrons. The van der Waals surface area contributed by atoms with Gasteiger partial charge in [-0.3, -0.25) is 72.0 Å². The summed E-state index contributed by atoms with van der Waals surface area (Å²) in [5, 5.41) is 35.1. The largest absolute Gasteiger partial charge is 0.356 e. The summed E-state index contributed by atoms with van der Waals surface area (Å²) in [5.74, 6) is -4.12. The van der Waals surface area contributed by atoms with Crippen molar-refractivity contribution in [1.29, 1.82) is 0 Å². The molecule has 20 unspecified atom stereocenters. The van der Waals surface area contributed by atoms with E-state index in [-0.39, 0.29) is 245 Å². The number of anilines is 2.